The molecule has 0 spiro atoms. The average molecular weight is 419 g/mol. The van der Waals surface area contributed by atoms with E-state index in [4.69, 9.17) is 4.74 Å². The summed E-state index contributed by atoms with van der Waals surface area (Å²) in [7, 11) is -1.83. The molecular weight excluding hydrogens is 392 g/mol. The number of piperazine rings is 1. The van der Waals surface area contributed by atoms with Crippen molar-refractivity contribution in [3.05, 3.63) is 54.2 Å². The average Bonchev–Trinajstić information content (AvgIpc) is 2.75. The number of carbonyl (C=O) groups is 1. The Balaban J connectivity index is 1.42. The highest BCUT2D eigenvalue weighted by molar-refractivity contribution is 7.89. The number of rotatable bonds is 8. The van der Waals surface area contributed by atoms with Crippen LogP contribution in [0.2, 0.25) is 0 Å². The van der Waals surface area contributed by atoms with Crippen LogP contribution >= 0.6 is 0 Å². The number of nitrogens with one attached hydrogen (secondary N) is 1. The lowest BCUT2D eigenvalue weighted by Crippen LogP contribution is -2.50. The van der Waals surface area contributed by atoms with E-state index in [9.17, 15) is 13.2 Å². The molecule has 9 heteroatoms. The van der Waals surface area contributed by atoms with E-state index in [0.717, 1.165) is 17.1 Å². The molecule has 1 saturated heterocycles. The number of hydrogen-bond acceptors (Lipinski definition) is 6. The number of pyridine rings is 1. The third-order valence-corrected chi connectivity index (χ3v) is 6.68. The van der Waals surface area contributed by atoms with Gasteiger partial charge in [0.05, 0.1) is 19.3 Å². The lowest BCUT2D eigenvalue weighted by Gasteiger charge is -2.34. The highest BCUT2D eigenvalue weighted by atomic mass is 32.2. The summed E-state index contributed by atoms with van der Waals surface area (Å²) in [5.74, 6) is 1.27. The quantitative estimate of drug-likeness (QED) is 0.685. The van der Waals surface area contributed by atoms with Gasteiger partial charge in [0.1, 0.15) is 11.6 Å². The number of sulfonamides is 1. The molecule has 3 rings (SSSR count). The number of amides is 1. The van der Waals surface area contributed by atoms with Gasteiger partial charge in [-0.1, -0.05) is 18.2 Å². The summed E-state index contributed by atoms with van der Waals surface area (Å²) in [5.41, 5.74) is 0.844. The first-order valence-electron chi connectivity index (χ1n) is 9.51. The van der Waals surface area contributed by atoms with Gasteiger partial charge in [-0.05, 0) is 29.8 Å². The molecule has 1 aromatic carbocycles. The summed E-state index contributed by atoms with van der Waals surface area (Å²) < 4.78 is 31.7. The molecule has 156 valence electrons. The van der Waals surface area contributed by atoms with Crippen molar-refractivity contribution in [1.82, 2.24) is 14.6 Å². The van der Waals surface area contributed by atoms with Crippen molar-refractivity contribution in [2.75, 3.05) is 50.5 Å². The molecule has 1 aliphatic heterocycles. The molecule has 1 N–H and O–H groups in total. The van der Waals surface area contributed by atoms with Crippen LogP contribution in [-0.4, -0.2) is 69.2 Å². The lowest BCUT2D eigenvalue weighted by molar-refractivity contribution is -0.120. The van der Waals surface area contributed by atoms with Crippen LogP contribution in [0.3, 0.4) is 0 Å². The molecule has 1 aliphatic rings. The molecule has 1 amide bonds. The van der Waals surface area contributed by atoms with Gasteiger partial charge in [0, 0.05) is 38.9 Å². The maximum absolute atomic E-state index is 12.6. The smallest absolute Gasteiger partial charge is 0.224 e. The van der Waals surface area contributed by atoms with E-state index in [-0.39, 0.29) is 24.6 Å². The van der Waals surface area contributed by atoms with E-state index < -0.39 is 10.0 Å². The zero-order chi connectivity index (χ0) is 20.7. The zero-order valence-electron chi connectivity index (χ0n) is 16.5. The van der Waals surface area contributed by atoms with E-state index in [1.54, 1.807) is 25.4 Å². The Morgan fingerprint density at radius 3 is 2.45 bits per heavy atom. The largest absolute Gasteiger partial charge is 0.497 e. The van der Waals surface area contributed by atoms with Crippen molar-refractivity contribution >= 4 is 21.7 Å². The van der Waals surface area contributed by atoms with Gasteiger partial charge in [-0.2, -0.15) is 4.31 Å². The van der Waals surface area contributed by atoms with Crippen LogP contribution in [-0.2, 0) is 21.2 Å². The zero-order valence-corrected chi connectivity index (χ0v) is 17.3. The van der Waals surface area contributed by atoms with Gasteiger partial charge < -0.3 is 15.0 Å². The van der Waals surface area contributed by atoms with Gasteiger partial charge in [0.15, 0.2) is 0 Å². The summed E-state index contributed by atoms with van der Waals surface area (Å²) in [6.45, 7) is 2.12. The Morgan fingerprint density at radius 1 is 1.10 bits per heavy atom. The first-order valence-corrected chi connectivity index (χ1v) is 11.1. The maximum atomic E-state index is 12.6. The van der Waals surface area contributed by atoms with Crippen LogP contribution in [0.25, 0.3) is 0 Å². The van der Waals surface area contributed by atoms with Gasteiger partial charge in [-0.15, -0.1) is 0 Å². The van der Waals surface area contributed by atoms with Gasteiger partial charge in [0.2, 0.25) is 15.9 Å². The van der Waals surface area contributed by atoms with Crippen molar-refractivity contribution in [2.45, 2.75) is 6.42 Å². The SMILES string of the molecule is COc1ccc(CC(=O)NCCS(=O)(=O)N2CCN(c3ccccn3)CC2)cc1. The van der Waals surface area contributed by atoms with Crippen molar-refractivity contribution in [2.24, 2.45) is 0 Å². The predicted octanol–water partition coefficient (Wildman–Crippen LogP) is 0.901. The molecule has 1 fully saturated rings. The molecule has 0 unspecified atom stereocenters. The number of methoxy groups -OCH3 is 1. The molecule has 1 aromatic heterocycles. The van der Waals surface area contributed by atoms with Crippen molar-refractivity contribution in [3.8, 4) is 5.75 Å². The summed E-state index contributed by atoms with van der Waals surface area (Å²) in [4.78, 5) is 18.4. The second-order valence-corrected chi connectivity index (χ2v) is 8.85. The lowest BCUT2D eigenvalue weighted by atomic mass is 10.1. The van der Waals surface area contributed by atoms with E-state index in [2.05, 4.69) is 15.2 Å². The second-order valence-electron chi connectivity index (χ2n) is 6.76. The molecule has 8 nitrogen and oxygen atoms in total. The Hall–Kier alpha value is -2.65. The fourth-order valence-corrected chi connectivity index (χ4v) is 4.51. The predicted molar refractivity (Wildman–Crippen MR) is 112 cm³/mol. The number of carbonyl (C=O) groups excluding carboxylic acids is 1. The molecule has 0 atom stereocenters. The number of nitrogens with zero attached hydrogens (tertiary/aromatic N) is 3. The molecule has 0 bridgehead atoms. The highest BCUT2D eigenvalue weighted by Crippen LogP contribution is 2.15. The molecule has 2 heterocycles. The Morgan fingerprint density at radius 2 is 1.83 bits per heavy atom. The molecule has 0 aliphatic carbocycles. The summed E-state index contributed by atoms with van der Waals surface area (Å²) in [6.07, 6.45) is 1.93. The number of ether oxygens (including phenoxy) is 1. The number of anilines is 1. The van der Waals surface area contributed by atoms with Gasteiger partial charge >= 0.3 is 0 Å². The van der Waals surface area contributed by atoms with Crippen molar-refractivity contribution in [1.29, 1.82) is 0 Å². The Labute approximate surface area is 171 Å². The minimum atomic E-state index is -3.41. The van der Waals surface area contributed by atoms with E-state index in [1.165, 1.54) is 4.31 Å². The van der Waals surface area contributed by atoms with E-state index in [1.807, 2.05) is 30.3 Å². The maximum Gasteiger partial charge on any atom is 0.224 e. The van der Waals surface area contributed by atoms with Gasteiger partial charge in [-0.3, -0.25) is 4.79 Å². The second kappa shape index (κ2) is 9.71. The van der Waals surface area contributed by atoms with Crippen LogP contribution in [0, 0.1) is 0 Å². The first kappa shape index (κ1) is 21.1. The topological polar surface area (TPSA) is 91.8 Å². The van der Waals surface area contributed by atoms with Crippen LogP contribution in [0.15, 0.2) is 48.7 Å². The van der Waals surface area contributed by atoms with Crippen LogP contribution < -0.4 is 15.0 Å². The highest BCUT2D eigenvalue weighted by Gasteiger charge is 2.27. The number of benzene rings is 1. The van der Waals surface area contributed by atoms with E-state index >= 15 is 0 Å². The number of aromatic nitrogens is 1. The van der Waals surface area contributed by atoms with Crippen LogP contribution in [0.4, 0.5) is 5.82 Å². The van der Waals surface area contributed by atoms with Crippen LogP contribution in [0.5, 0.6) is 5.75 Å². The third kappa shape index (κ3) is 5.91. The molecule has 29 heavy (non-hydrogen) atoms. The normalized spacial score (nSPS) is 15.1. The monoisotopic (exact) mass is 418 g/mol. The number of hydrogen-bond donors (Lipinski definition) is 1. The third-order valence-electron chi connectivity index (χ3n) is 4.81. The summed E-state index contributed by atoms with van der Waals surface area (Å²) in [5, 5.41) is 2.69. The first-order chi connectivity index (χ1) is 14.0. The minimum absolute atomic E-state index is 0.0950. The summed E-state index contributed by atoms with van der Waals surface area (Å²) >= 11 is 0. The molecule has 2 aromatic rings. The van der Waals surface area contributed by atoms with Crippen molar-refractivity contribution in [3.63, 3.8) is 0 Å². The van der Waals surface area contributed by atoms with Gasteiger partial charge in [0.25, 0.3) is 0 Å². The fraction of sp³-hybridized carbons (Fsp3) is 0.400. The minimum Gasteiger partial charge on any atom is -0.497 e. The molecule has 0 saturated carbocycles. The molecule has 0 radical (unpaired) electrons. The Bertz CT molecular complexity index is 896. The van der Waals surface area contributed by atoms with E-state index in [0.29, 0.717) is 26.2 Å². The Kier molecular flexibility index (Phi) is 7.05. The summed E-state index contributed by atoms with van der Waals surface area (Å²) in [6, 6.07) is 12.9. The van der Waals surface area contributed by atoms with Crippen LogP contribution in [0.1, 0.15) is 5.56 Å². The fourth-order valence-electron chi connectivity index (χ4n) is 3.18. The van der Waals surface area contributed by atoms with Gasteiger partial charge in [-0.25, -0.2) is 13.4 Å². The van der Waals surface area contributed by atoms with Crippen molar-refractivity contribution < 1.29 is 17.9 Å². The standard InChI is InChI=1S/C20H26N4O4S/c1-28-18-7-5-17(6-8-18)16-20(25)22-10-15-29(26,27)24-13-11-23(12-14-24)19-4-2-3-9-21-19/h2-9H,10-16H2,1H3,(H,22,25). The molecular formula is C20H26N4O4S.